The molecule has 2 heterocycles. The number of anilines is 3. The Kier molecular flexibility index (Phi) is 4.85. The molecule has 0 aliphatic carbocycles. The zero-order valence-corrected chi connectivity index (χ0v) is 12.6. The number of piperidine rings is 1. The number of nitrogens with zero attached hydrogens (tertiary/aromatic N) is 3. The zero-order valence-electron chi connectivity index (χ0n) is 11.8. The molecule has 21 heavy (non-hydrogen) atoms. The summed E-state index contributed by atoms with van der Waals surface area (Å²) in [5.41, 5.74) is 12.8. The van der Waals surface area contributed by atoms with Crippen LogP contribution >= 0.6 is 12.4 Å². The number of aromatic nitrogens is 2. The van der Waals surface area contributed by atoms with Gasteiger partial charge in [0.2, 0.25) is 5.95 Å². The van der Waals surface area contributed by atoms with E-state index in [4.69, 9.17) is 11.5 Å². The summed E-state index contributed by atoms with van der Waals surface area (Å²) < 4.78 is 0. The molecule has 0 atom stereocenters. The fourth-order valence-corrected chi connectivity index (χ4v) is 2.80. The van der Waals surface area contributed by atoms with Crippen molar-refractivity contribution in [2.75, 3.05) is 29.5 Å². The Labute approximate surface area is 130 Å². The van der Waals surface area contributed by atoms with E-state index in [1.807, 2.05) is 0 Å². The van der Waals surface area contributed by atoms with Gasteiger partial charge in [0.05, 0.1) is 0 Å². The monoisotopic (exact) mass is 305 g/mol. The number of halogens is 1. The minimum absolute atomic E-state index is 0. The largest absolute Gasteiger partial charge is 0.383 e. The molecule has 112 valence electrons. The number of nitrogens with two attached hydrogens (primary N) is 2. The molecule has 3 rings (SSSR count). The first kappa shape index (κ1) is 15.4. The number of nitrogen functional groups attached to an aromatic ring is 2. The van der Waals surface area contributed by atoms with Crippen molar-refractivity contribution < 1.29 is 0 Å². The Hall–Kier alpha value is -2.01. The predicted molar refractivity (Wildman–Crippen MR) is 88.7 cm³/mol. The molecule has 0 unspecified atom stereocenters. The van der Waals surface area contributed by atoms with Gasteiger partial charge < -0.3 is 16.4 Å². The third-order valence-corrected chi connectivity index (χ3v) is 3.84. The fourth-order valence-electron chi connectivity index (χ4n) is 2.80. The number of hydrogen-bond donors (Lipinski definition) is 2. The molecule has 1 aromatic carbocycles. The number of hydrogen-bond acceptors (Lipinski definition) is 5. The van der Waals surface area contributed by atoms with Crippen molar-refractivity contribution in [2.45, 2.75) is 18.8 Å². The highest BCUT2D eigenvalue weighted by molar-refractivity contribution is 5.85. The highest BCUT2D eigenvalue weighted by Crippen LogP contribution is 2.30. The lowest BCUT2D eigenvalue weighted by Gasteiger charge is -2.33. The lowest BCUT2D eigenvalue weighted by Crippen LogP contribution is -2.33. The van der Waals surface area contributed by atoms with Crippen LogP contribution in [0, 0.1) is 0 Å². The van der Waals surface area contributed by atoms with Gasteiger partial charge in [-0.05, 0) is 24.3 Å². The average molecular weight is 306 g/mol. The van der Waals surface area contributed by atoms with Gasteiger partial charge in [0.1, 0.15) is 11.6 Å². The molecule has 1 aromatic heterocycles. The van der Waals surface area contributed by atoms with Crippen LogP contribution < -0.4 is 16.4 Å². The lowest BCUT2D eigenvalue weighted by molar-refractivity contribution is 0.503. The molecule has 1 saturated heterocycles. The smallest absolute Gasteiger partial charge is 0.223 e. The second-order valence-electron chi connectivity index (χ2n) is 5.18. The summed E-state index contributed by atoms with van der Waals surface area (Å²) in [5.74, 6) is 2.13. The third-order valence-electron chi connectivity index (χ3n) is 3.84. The number of rotatable bonds is 2. The molecule has 0 radical (unpaired) electrons. The summed E-state index contributed by atoms with van der Waals surface area (Å²) in [7, 11) is 0. The van der Waals surface area contributed by atoms with E-state index in [2.05, 4.69) is 45.2 Å². The van der Waals surface area contributed by atoms with Gasteiger partial charge in [-0.1, -0.05) is 30.3 Å². The van der Waals surface area contributed by atoms with Gasteiger partial charge in [0.15, 0.2) is 0 Å². The highest BCUT2D eigenvalue weighted by Gasteiger charge is 2.21. The van der Waals surface area contributed by atoms with Crippen LogP contribution in [0.3, 0.4) is 0 Å². The third kappa shape index (κ3) is 3.55. The Morgan fingerprint density at radius 2 is 1.67 bits per heavy atom. The van der Waals surface area contributed by atoms with Crippen LogP contribution in [0.1, 0.15) is 24.3 Å². The molecule has 4 N–H and O–H groups in total. The van der Waals surface area contributed by atoms with Crippen molar-refractivity contribution in [3.8, 4) is 0 Å². The van der Waals surface area contributed by atoms with Crippen LogP contribution in [0.4, 0.5) is 17.6 Å². The van der Waals surface area contributed by atoms with Crippen molar-refractivity contribution in [1.82, 2.24) is 9.97 Å². The van der Waals surface area contributed by atoms with E-state index in [0.717, 1.165) is 31.7 Å². The molecule has 5 nitrogen and oxygen atoms in total. The van der Waals surface area contributed by atoms with Gasteiger partial charge >= 0.3 is 0 Å². The van der Waals surface area contributed by atoms with Crippen LogP contribution in [0.2, 0.25) is 0 Å². The topological polar surface area (TPSA) is 81.1 Å². The molecule has 2 aromatic rings. The second kappa shape index (κ2) is 6.63. The molecular weight excluding hydrogens is 286 g/mol. The minimum Gasteiger partial charge on any atom is -0.383 e. The van der Waals surface area contributed by atoms with Crippen molar-refractivity contribution in [2.24, 2.45) is 0 Å². The van der Waals surface area contributed by atoms with Gasteiger partial charge in [-0.2, -0.15) is 9.97 Å². The number of benzene rings is 1. The normalized spacial score (nSPS) is 15.5. The predicted octanol–water partition coefficient (Wildman–Crippen LogP) is 2.45. The van der Waals surface area contributed by atoms with Gasteiger partial charge in [-0.15, -0.1) is 12.4 Å². The van der Waals surface area contributed by atoms with Crippen molar-refractivity contribution >= 4 is 30.0 Å². The molecule has 6 heteroatoms. The average Bonchev–Trinajstić information content (AvgIpc) is 2.47. The summed E-state index contributed by atoms with van der Waals surface area (Å²) in [6, 6.07) is 12.5. The Bertz CT molecular complexity index is 562. The van der Waals surface area contributed by atoms with Crippen LogP contribution in [0.25, 0.3) is 0 Å². The maximum absolute atomic E-state index is 5.73. The minimum atomic E-state index is 0. The SMILES string of the molecule is Cl.Nc1cc(N2CCC(c3ccccc3)CC2)nc(N)n1. The van der Waals surface area contributed by atoms with E-state index in [0.29, 0.717) is 11.7 Å². The first-order valence-corrected chi connectivity index (χ1v) is 6.92. The molecule has 1 aliphatic rings. The Balaban J connectivity index is 0.00000161. The first-order chi connectivity index (χ1) is 9.72. The maximum atomic E-state index is 5.73. The van der Waals surface area contributed by atoms with Gasteiger partial charge in [-0.3, -0.25) is 0 Å². The zero-order chi connectivity index (χ0) is 13.9. The van der Waals surface area contributed by atoms with Crippen LogP contribution in [-0.4, -0.2) is 23.1 Å². The molecule has 1 fully saturated rings. The van der Waals surface area contributed by atoms with Crippen molar-refractivity contribution in [1.29, 1.82) is 0 Å². The van der Waals surface area contributed by atoms with Gasteiger partial charge in [-0.25, -0.2) is 0 Å². The molecule has 0 amide bonds. The summed E-state index contributed by atoms with van der Waals surface area (Å²) in [6.45, 7) is 1.94. The standard InChI is InChI=1S/C15H19N5.ClH/c16-13-10-14(19-15(17)18-13)20-8-6-12(7-9-20)11-4-2-1-3-5-11;/h1-5,10,12H,6-9H2,(H4,16,17,18,19);1H. The van der Waals surface area contributed by atoms with Gasteiger partial charge in [0.25, 0.3) is 0 Å². The van der Waals surface area contributed by atoms with E-state index in [1.165, 1.54) is 5.56 Å². The molecule has 1 aliphatic heterocycles. The Morgan fingerprint density at radius 1 is 1.00 bits per heavy atom. The van der Waals surface area contributed by atoms with E-state index in [1.54, 1.807) is 6.07 Å². The lowest BCUT2D eigenvalue weighted by atomic mass is 9.89. The van der Waals surface area contributed by atoms with E-state index in [-0.39, 0.29) is 18.4 Å². The summed E-state index contributed by atoms with van der Waals surface area (Å²) in [4.78, 5) is 10.4. The first-order valence-electron chi connectivity index (χ1n) is 6.92. The second-order valence-corrected chi connectivity index (χ2v) is 5.18. The Morgan fingerprint density at radius 3 is 2.29 bits per heavy atom. The van der Waals surface area contributed by atoms with Crippen LogP contribution in [0.5, 0.6) is 0 Å². The summed E-state index contributed by atoms with van der Waals surface area (Å²) >= 11 is 0. The van der Waals surface area contributed by atoms with Crippen molar-refractivity contribution in [3.63, 3.8) is 0 Å². The van der Waals surface area contributed by atoms with E-state index < -0.39 is 0 Å². The van der Waals surface area contributed by atoms with Crippen molar-refractivity contribution in [3.05, 3.63) is 42.0 Å². The molecule has 0 bridgehead atoms. The molecule has 0 saturated carbocycles. The quantitative estimate of drug-likeness (QED) is 0.890. The maximum Gasteiger partial charge on any atom is 0.223 e. The van der Waals surface area contributed by atoms with Crippen LogP contribution in [0.15, 0.2) is 36.4 Å². The fraction of sp³-hybridized carbons (Fsp3) is 0.333. The summed E-state index contributed by atoms with van der Waals surface area (Å²) in [6.07, 6.45) is 2.24. The summed E-state index contributed by atoms with van der Waals surface area (Å²) in [5, 5.41) is 0. The van der Waals surface area contributed by atoms with E-state index >= 15 is 0 Å². The highest BCUT2D eigenvalue weighted by atomic mass is 35.5. The molecule has 0 spiro atoms. The van der Waals surface area contributed by atoms with E-state index in [9.17, 15) is 0 Å². The van der Waals surface area contributed by atoms with Crippen LogP contribution in [-0.2, 0) is 0 Å². The van der Waals surface area contributed by atoms with Gasteiger partial charge in [0, 0.05) is 19.2 Å². The molecular formula is C15H20ClN5.